The highest BCUT2D eigenvalue weighted by Crippen LogP contribution is 2.27. The van der Waals surface area contributed by atoms with Crippen molar-refractivity contribution in [2.45, 2.75) is 38.8 Å². The topological polar surface area (TPSA) is 53.1 Å². The van der Waals surface area contributed by atoms with Crippen LogP contribution in [0.4, 0.5) is 0 Å². The third-order valence-electron chi connectivity index (χ3n) is 3.39. The third-order valence-corrected chi connectivity index (χ3v) is 3.63. The van der Waals surface area contributed by atoms with E-state index in [9.17, 15) is 0 Å². The minimum Gasteiger partial charge on any atom is -0.385 e. The molecule has 4 nitrogen and oxygen atoms in total. The molecule has 0 saturated heterocycles. The lowest BCUT2D eigenvalue weighted by molar-refractivity contribution is 0.190. The van der Waals surface area contributed by atoms with Gasteiger partial charge in [0.25, 0.3) is 0 Å². The monoisotopic (exact) mass is 295 g/mol. The number of hydrogen-bond donors (Lipinski definition) is 1. The van der Waals surface area contributed by atoms with Gasteiger partial charge in [0.1, 0.15) is 5.82 Å². The average molecular weight is 296 g/mol. The Morgan fingerprint density at radius 3 is 2.80 bits per heavy atom. The molecule has 1 aromatic carbocycles. The number of methoxy groups -OCH3 is 1. The van der Waals surface area contributed by atoms with Gasteiger partial charge in [0.2, 0.25) is 0 Å². The van der Waals surface area contributed by atoms with Crippen LogP contribution in [0.25, 0.3) is 11.0 Å². The molecule has 0 radical (unpaired) electrons. The van der Waals surface area contributed by atoms with Gasteiger partial charge in [-0.25, -0.2) is 4.98 Å². The number of benzene rings is 1. The smallest absolute Gasteiger partial charge is 0.127 e. The average Bonchev–Trinajstić information content (AvgIpc) is 2.77. The molecule has 1 unspecified atom stereocenters. The summed E-state index contributed by atoms with van der Waals surface area (Å²) in [5.74, 6) is 0.924. The number of nitrogens with two attached hydrogens (primary N) is 1. The lowest BCUT2D eigenvalue weighted by atomic mass is 10.1. The number of imidazole rings is 1. The second kappa shape index (κ2) is 6.57. The second-order valence-corrected chi connectivity index (χ2v) is 5.74. The van der Waals surface area contributed by atoms with E-state index < -0.39 is 0 Å². The van der Waals surface area contributed by atoms with Gasteiger partial charge in [0, 0.05) is 24.8 Å². The van der Waals surface area contributed by atoms with Crippen LogP contribution in [0.5, 0.6) is 0 Å². The molecule has 0 saturated carbocycles. The first-order valence-electron chi connectivity index (χ1n) is 6.96. The van der Waals surface area contributed by atoms with Crippen LogP contribution >= 0.6 is 11.6 Å². The molecule has 0 bridgehead atoms. The van der Waals surface area contributed by atoms with Crippen molar-refractivity contribution >= 4 is 22.6 Å². The fourth-order valence-corrected chi connectivity index (χ4v) is 2.63. The van der Waals surface area contributed by atoms with Gasteiger partial charge in [0.15, 0.2) is 0 Å². The van der Waals surface area contributed by atoms with Crippen molar-refractivity contribution in [3.63, 3.8) is 0 Å². The Labute approximate surface area is 124 Å². The maximum Gasteiger partial charge on any atom is 0.127 e. The summed E-state index contributed by atoms with van der Waals surface area (Å²) < 4.78 is 7.26. The molecule has 1 aromatic heterocycles. The fourth-order valence-electron chi connectivity index (χ4n) is 2.47. The highest BCUT2D eigenvalue weighted by molar-refractivity contribution is 6.31. The molecule has 110 valence electrons. The summed E-state index contributed by atoms with van der Waals surface area (Å²) in [4.78, 5) is 4.69. The van der Waals surface area contributed by atoms with Crippen LogP contribution < -0.4 is 5.73 Å². The standard InChI is InChI=1S/C15H22ClN3O/c1-10(2)19-14-9-11(16)6-7-13(14)18-15(19)12(17)5-4-8-20-3/h6-7,9-10,12H,4-5,8,17H2,1-3H3. The first-order valence-corrected chi connectivity index (χ1v) is 7.34. The van der Waals surface area contributed by atoms with Crippen LogP contribution in [0.3, 0.4) is 0 Å². The molecule has 2 rings (SSSR count). The molecule has 1 heterocycles. The summed E-state index contributed by atoms with van der Waals surface area (Å²) in [6, 6.07) is 5.97. The van der Waals surface area contributed by atoms with E-state index in [-0.39, 0.29) is 6.04 Å². The number of nitrogens with zero attached hydrogens (tertiary/aromatic N) is 2. The quantitative estimate of drug-likeness (QED) is 0.827. The summed E-state index contributed by atoms with van der Waals surface area (Å²) in [5, 5.41) is 0.721. The first kappa shape index (κ1) is 15.3. The van der Waals surface area contributed by atoms with Gasteiger partial charge in [-0.15, -0.1) is 0 Å². The SMILES string of the molecule is COCCCC(N)c1nc2ccc(Cl)cc2n1C(C)C. The predicted molar refractivity (Wildman–Crippen MR) is 83.2 cm³/mol. The van der Waals surface area contributed by atoms with Crippen LogP contribution in [0.15, 0.2) is 18.2 Å². The Morgan fingerprint density at radius 1 is 1.40 bits per heavy atom. The van der Waals surface area contributed by atoms with Crippen LogP contribution in [-0.4, -0.2) is 23.3 Å². The van der Waals surface area contributed by atoms with Crippen LogP contribution in [0.1, 0.15) is 44.6 Å². The van der Waals surface area contributed by atoms with E-state index in [1.807, 2.05) is 18.2 Å². The van der Waals surface area contributed by atoms with Gasteiger partial charge in [-0.3, -0.25) is 0 Å². The number of fused-ring (bicyclic) bond motifs is 1. The van der Waals surface area contributed by atoms with Crippen molar-refractivity contribution in [3.8, 4) is 0 Å². The zero-order valence-corrected chi connectivity index (χ0v) is 13.0. The van der Waals surface area contributed by atoms with Crippen molar-refractivity contribution in [1.29, 1.82) is 0 Å². The molecule has 20 heavy (non-hydrogen) atoms. The third kappa shape index (κ3) is 3.14. The molecule has 0 aliphatic carbocycles. The number of hydrogen-bond acceptors (Lipinski definition) is 3. The van der Waals surface area contributed by atoms with Crippen LogP contribution in [0.2, 0.25) is 5.02 Å². The zero-order chi connectivity index (χ0) is 14.7. The van der Waals surface area contributed by atoms with E-state index in [0.717, 1.165) is 41.3 Å². The molecule has 1 atom stereocenters. The maximum absolute atomic E-state index is 6.30. The molecule has 0 amide bonds. The van der Waals surface area contributed by atoms with E-state index >= 15 is 0 Å². The van der Waals surface area contributed by atoms with Gasteiger partial charge in [-0.05, 0) is 44.9 Å². The molecule has 5 heteroatoms. The summed E-state index contributed by atoms with van der Waals surface area (Å²) in [7, 11) is 1.71. The number of ether oxygens (including phenoxy) is 1. The lowest BCUT2D eigenvalue weighted by Gasteiger charge is -2.17. The molecule has 2 N–H and O–H groups in total. The van der Waals surface area contributed by atoms with Crippen LogP contribution in [0, 0.1) is 0 Å². The molecular formula is C15H22ClN3O. The number of aromatic nitrogens is 2. The van der Waals surface area contributed by atoms with Crippen LogP contribution in [-0.2, 0) is 4.74 Å². The Hall–Kier alpha value is -1.10. The van der Waals surface area contributed by atoms with E-state index in [1.54, 1.807) is 7.11 Å². The fraction of sp³-hybridized carbons (Fsp3) is 0.533. The minimum absolute atomic E-state index is 0.0845. The normalized spacial score (nSPS) is 13.3. The Balaban J connectivity index is 2.39. The Kier molecular flexibility index (Phi) is 5.02. The minimum atomic E-state index is -0.0845. The highest BCUT2D eigenvalue weighted by atomic mass is 35.5. The number of rotatable bonds is 6. The van der Waals surface area contributed by atoms with Crippen molar-refractivity contribution in [1.82, 2.24) is 9.55 Å². The summed E-state index contributed by atoms with van der Waals surface area (Å²) in [5.41, 5.74) is 8.30. The first-order chi connectivity index (χ1) is 9.54. The van der Waals surface area contributed by atoms with Gasteiger partial charge in [0.05, 0.1) is 17.1 Å². The largest absolute Gasteiger partial charge is 0.385 e. The van der Waals surface area contributed by atoms with E-state index in [2.05, 4.69) is 18.4 Å². The molecule has 0 fully saturated rings. The number of halogens is 1. The summed E-state index contributed by atoms with van der Waals surface area (Å²) in [6.07, 6.45) is 1.79. The zero-order valence-electron chi connectivity index (χ0n) is 12.3. The van der Waals surface area contributed by atoms with Gasteiger partial charge < -0.3 is 15.0 Å². The van der Waals surface area contributed by atoms with Gasteiger partial charge in [-0.2, -0.15) is 0 Å². The molecule has 0 aliphatic heterocycles. The van der Waals surface area contributed by atoms with Crippen molar-refractivity contribution in [2.24, 2.45) is 5.73 Å². The predicted octanol–water partition coefficient (Wildman–Crippen LogP) is 3.70. The van der Waals surface area contributed by atoms with Gasteiger partial charge >= 0.3 is 0 Å². The Bertz CT molecular complexity index is 580. The molecule has 0 spiro atoms. The van der Waals surface area contributed by atoms with E-state index in [4.69, 9.17) is 27.1 Å². The Morgan fingerprint density at radius 2 is 2.15 bits per heavy atom. The second-order valence-electron chi connectivity index (χ2n) is 5.31. The van der Waals surface area contributed by atoms with E-state index in [1.165, 1.54) is 0 Å². The lowest BCUT2D eigenvalue weighted by Crippen LogP contribution is -2.18. The molecule has 2 aromatic rings. The van der Waals surface area contributed by atoms with Crippen molar-refractivity contribution in [3.05, 3.63) is 29.0 Å². The van der Waals surface area contributed by atoms with Crippen molar-refractivity contribution in [2.75, 3.05) is 13.7 Å². The summed E-state index contributed by atoms with van der Waals surface area (Å²) in [6.45, 7) is 4.99. The summed E-state index contributed by atoms with van der Waals surface area (Å²) >= 11 is 6.10. The maximum atomic E-state index is 6.30. The highest BCUT2D eigenvalue weighted by Gasteiger charge is 2.18. The molecular weight excluding hydrogens is 274 g/mol. The van der Waals surface area contributed by atoms with E-state index in [0.29, 0.717) is 6.04 Å². The molecule has 0 aliphatic rings. The van der Waals surface area contributed by atoms with Gasteiger partial charge in [-0.1, -0.05) is 11.6 Å². The van der Waals surface area contributed by atoms with Crippen molar-refractivity contribution < 1.29 is 4.74 Å².